The van der Waals surface area contributed by atoms with Crippen LogP contribution in [0.5, 0.6) is 0 Å². The number of aromatic nitrogens is 1. The van der Waals surface area contributed by atoms with E-state index in [4.69, 9.17) is 15.7 Å². The minimum atomic E-state index is -5.01. The van der Waals surface area contributed by atoms with Crippen LogP contribution in [0.1, 0.15) is 26.5 Å². The van der Waals surface area contributed by atoms with E-state index in [1.54, 1.807) is 0 Å². The average Bonchev–Trinajstić information content (AvgIpc) is 2.97. The molecule has 1 saturated heterocycles. The molecule has 154 valence electrons. The van der Waals surface area contributed by atoms with Gasteiger partial charge < -0.3 is 25.5 Å². The quantitative estimate of drug-likeness (QED) is 0.118. The summed E-state index contributed by atoms with van der Waals surface area (Å²) in [5, 5.41) is 16.3. The summed E-state index contributed by atoms with van der Waals surface area (Å²) in [6, 6.07) is -2.41. The Hall–Kier alpha value is -1.78. The third kappa shape index (κ3) is 5.43. The zero-order chi connectivity index (χ0) is 21.4. The number of anilines is 1. The van der Waals surface area contributed by atoms with Gasteiger partial charge in [0, 0.05) is 5.38 Å². The first kappa shape index (κ1) is 25.3. The molecule has 2 amide bonds. The van der Waals surface area contributed by atoms with Crippen molar-refractivity contribution in [1.29, 1.82) is 0 Å². The van der Waals surface area contributed by atoms with Crippen LogP contribution in [0.4, 0.5) is 5.13 Å². The minimum Gasteiger partial charge on any atom is -0.731 e. The van der Waals surface area contributed by atoms with Gasteiger partial charge in [-0.05, 0) is 20.8 Å². The predicted molar refractivity (Wildman–Crippen MR) is 93.8 cm³/mol. The predicted octanol–water partition coefficient (Wildman–Crippen LogP) is -4.51. The number of hydrogen-bond acceptors (Lipinski definition) is 11. The van der Waals surface area contributed by atoms with Crippen LogP contribution in [0, 0.1) is 0 Å². The van der Waals surface area contributed by atoms with E-state index in [-0.39, 0.29) is 44.7 Å². The van der Waals surface area contributed by atoms with Crippen LogP contribution in [-0.2, 0) is 29.5 Å². The smallest absolute Gasteiger partial charge is 0.731 e. The van der Waals surface area contributed by atoms with Crippen molar-refractivity contribution < 1.29 is 66.9 Å². The molecule has 2 rings (SSSR count). The summed E-state index contributed by atoms with van der Waals surface area (Å²) in [5.74, 6) is -3.47. The zero-order valence-electron chi connectivity index (χ0n) is 15.8. The number of nitrogens with two attached hydrogens (primary N) is 1. The van der Waals surface area contributed by atoms with Crippen molar-refractivity contribution in [1.82, 2.24) is 14.6 Å². The number of β-lactam (4-membered cyclic amide) rings is 1. The first-order valence-electron chi connectivity index (χ1n) is 7.56. The second-order valence-electron chi connectivity index (χ2n) is 6.20. The van der Waals surface area contributed by atoms with Crippen LogP contribution in [0.3, 0.4) is 0 Å². The van der Waals surface area contributed by atoms with Gasteiger partial charge >= 0.3 is 35.5 Å². The molecule has 0 aromatic carbocycles. The van der Waals surface area contributed by atoms with Crippen LogP contribution >= 0.6 is 11.3 Å². The van der Waals surface area contributed by atoms with E-state index in [2.05, 4.69) is 15.5 Å². The van der Waals surface area contributed by atoms with Crippen molar-refractivity contribution in [3.8, 4) is 0 Å². The van der Waals surface area contributed by atoms with E-state index >= 15 is 0 Å². The zero-order valence-corrected chi connectivity index (χ0v) is 19.4. The molecule has 0 aliphatic carbocycles. The number of nitrogens with one attached hydrogen (secondary N) is 1. The second-order valence-corrected chi connectivity index (χ2v) is 8.34. The van der Waals surface area contributed by atoms with Crippen molar-refractivity contribution in [2.45, 2.75) is 38.5 Å². The molecule has 0 bridgehead atoms. The largest absolute Gasteiger partial charge is 1.00 e. The van der Waals surface area contributed by atoms with E-state index < -0.39 is 51.5 Å². The van der Waals surface area contributed by atoms with E-state index in [0.717, 1.165) is 11.3 Å². The molecule has 1 aromatic heterocycles. The van der Waals surface area contributed by atoms with Gasteiger partial charge in [-0.25, -0.2) is 22.5 Å². The van der Waals surface area contributed by atoms with Gasteiger partial charge in [0.05, 0.1) is 6.04 Å². The van der Waals surface area contributed by atoms with E-state index in [1.165, 1.54) is 26.2 Å². The number of nitrogens with zero attached hydrogens (tertiary/aromatic N) is 3. The average molecular weight is 457 g/mol. The van der Waals surface area contributed by atoms with Gasteiger partial charge in [-0.2, -0.15) is 0 Å². The SMILES string of the molecule is C[C@@H]1[C@H](NC(=O)/C(=N/OC(C)(C)C(=O)O)c2csc(N)n2)C(=O)N1S(=O)(=O)[O-].[Na+]. The molecule has 29 heavy (non-hydrogen) atoms. The number of amides is 2. The number of hydrogen-bond donors (Lipinski definition) is 3. The Labute approximate surface area is 191 Å². The first-order valence-corrected chi connectivity index (χ1v) is 9.81. The molecule has 2 atom stereocenters. The monoisotopic (exact) mass is 457 g/mol. The topological polar surface area (TPSA) is 204 Å². The molecule has 1 fully saturated rings. The second kappa shape index (κ2) is 8.93. The summed E-state index contributed by atoms with van der Waals surface area (Å²) in [7, 11) is -5.01. The molecule has 16 heteroatoms. The van der Waals surface area contributed by atoms with Gasteiger partial charge in [0.1, 0.15) is 11.7 Å². The van der Waals surface area contributed by atoms with Crippen molar-refractivity contribution in [2.75, 3.05) is 5.73 Å². The molecular formula is C13H16N5NaO8S2. The minimum absolute atomic E-state index is 0. The van der Waals surface area contributed by atoms with Crippen molar-refractivity contribution >= 4 is 50.3 Å². The van der Waals surface area contributed by atoms with Crippen LogP contribution in [0.15, 0.2) is 10.5 Å². The Morgan fingerprint density at radius 1 is 1.48 bits per heavy atom. The van der Waals surface area contributed by atoms with Gasteiger partial charge in [-0.15, -0.1) is 11.3 Å². The maximum Gasteiger partial charge on any atom is 1.00 e. The van der Waals surface area contributed by atoms with Crippen LogP contribution in [-0.4, -0.2) is 68.5 Å². The first-order chi connectivity index (χ1) is 12.8. The van der Waals surface area contributed by atoms with Crippen molar-refractivity contribution in [3.05, 3.63) is 11.1 Å². The molecule has 0 saturated carbocycles. The number of thiazole rings is 1. The molecule has 0 radical (unpaired) electrons. The number of carbonyl (C=O) groups excluding carboxylic acids is 2. The van der Waals surface area contributed by atoms with Crippen LogP contribution in [0.25, 0.3) is 0 Å². The Morgan fingerprint density at radius 2 is 2.07 bits per heavy atom. The summed E-state index contributed by atoms with van der Waals surface area (Å²) in [5.41, 5.74) is 3.21. The van der Waals surface area contributed by atoms with E-state index in [1.807, 2.05) is 0 Å². The fourth-order valence-electron chi connectivity index (χ4n) is 2.10. The maximum absolute atomic E-state index is 12.5. The van der Waals surface area contributed by atoms with Gasteiger partial charge in [0.25, 0.3) is 11.8 Å². The summed E-state index contributed by atoms with van der Waals surface area (Å²) >= 11 is 0.971. The summed E-state index contributed by atoms with van der Waals surface area (Å²) in [4.78, 5) is 44.3. The number of aliphatic carboxylic acids is 1. The molecule has 0 unspecified atom stereocenters. The standard InChI is InChI=1S/C13H17N5O8S2.Na/c1-5-7(10(20)18(5)28(23,24)25)16-9(19)8(6-4-27-12(14)15-6)17-26-13(2,3)11(21)22;/h4-5,7H,1-3H3,(H2,14,15)(H,16,19)(H,21,22)(H,23,24,25);/q;+1/p-1/b17-8+;/t5-,7+;/m1./s1. The molecule has 13 nitrogen and oxygen atoms in total. The third-order valence-corrected chi connectivity index (χ3v) is 5.39. The number of carboxylic acids is 1. The molecule has 1 aliphatic heterocycles. The third-order valence-electron chi connectivity index (χ3n) is 3.72. The van der Waals surface area contributed by atoms with E-state index in [0.29, 0.717) is 0 Å². The normalized spacial score (nSPS) is 19.8. The van der Waals surface area contributed by atoms with Gasteiger partial charge in [0.2, 0.25) is 5.60 Å². The molecule has 2 heterocycles. The molecule has 1 aromatic rings. The van der Waals surface area contributed by atoms with Gasteiger partial charge in [-0.3, -0.25) is 9.59 Å². The fourth-order valence-corrected chi connectivity index (χ4v) is 3.51. The van der Waals surface area contributed by atoms with Gasteiger partial charge in [-0.1, -0.05) is 5.16 Å². The number of nitrogen functional groups attached to an aromatic ring is 1. The summed E-state index contributed by atoms with van der Waals surface area (Å²) in [6.45, 7) is 3.64. The molecular weight excluding hydrogens is 441 g/mol. The molecule has 1 aliphatic rings. The van der Waals surface area contributed by atoms with Crippen molar-refractivity contribution in [3.63, 3.8) is 0 Å². The Balaban J connectivity index is 0.00000420. The number of carboxylic acid groups (broad SMARTS) is 1. The summed E-state index contributed by atoms with van der Waals surface area (Å²) in [6.07, 6.45) is 0. The summed E-state index contributed by atoms with van der Waals surface area (Å²) < 4.78 is 33.1. The maximum atomic E-state index is 12.5. The molecule has 4 N–H and O–H groups in total. The Morgan fingerprint density at radius 3 is 2.48 bits per heavy atom. The fraction of sp³-hybridized carbons (Fsp3) is 0.462. The van der Waals surface area contributed by atoms with Crippen molar-refractivity contribution in [2.24, 2.45) is 5.16 Å². The number of oxime groups is 1. The number of carbonyl (C=O) groups is 3. The Kier molecular flexibility index (Phi) is 7.78. The van der Waals surface area contributed by atoms with Gasteiger partial charge in [0.15, 0.2) is 21.1 Å². The van der Waals surface area contributed by atoms with Crippen LogP contribution < -0.4 is 40.6 Å². The van der Waals surface area contributed by atoms with E-state index in [9.17, 15) is 27.4 Å². The molecule has 0 spiro atoms. The number of rotatable bonds is 7. The van der Waals surface area contributed by atoms with Crippen LogP contribution in [0.2, 0.25) is 0 Å². The Bertz CT molecular complexity index is 960.